The van der Waals surface area contributed by atoms with Crippen LogP contribution in [0.4, 0.5) is 0 Å². The molecule has 1 saturated carbocycles. The predicted molar refractivity (Wildman–Crippen MR) is 143 cm³/mol. The fourth-order valence-electron chi connectivity index (χ4n) is 6.77. The lowest BCUT2D eigenvalue weighted by atomic mass is 9.67. The Balaban J connectivity index is 1.72. The van der Waals surface area contributed by atoms with Gasteiger partial charge in [-0.1, -0.05) is 43.3 Å². The molecule has 2 aromatic carbocycles. The number of nitrogens with zero attached hydrogens (tertiary/aromatic N) is 3. The van der Waals surface area contributed by atoms with Gasteiger partial charge in [-0.2, -0.15) is 5.26 Å². The van der Waals surface area contributed by atoms with Gasteiger partial charge in [0.25, 0.3) is 0 Å². The van der Waals surface area contributed by atoms with Crippen LogP contribution in [-0.4, -0.2) is 46.8 Å². The first-order valence-corrected chi connectivity index (χ1v) is 13.3. The van der Waals surface area contributed by atoms with Gasteiger partial charge in [0, 0.05) is 35.9 Å². The highest BCUT2D eigenvalue weighted by Gasteiger charge is 2.45. The van der Waals surface area contributed by atoms with Gasteiger partial charge in [-0.3, -0.25) is 4.79 Å². The zero-order valence-electron chi connectivity index (χ0n) is 21.6. The van der Waals surface area contributed by atoms with Crippen molar-refractivity contribution in [3.8, 4) is 11.9 Å². The molecule has 1 aromatic heterocycles. The fraction of sp³-hybridized carbons (Fsp3) is 0.467. The van der Waals surface area contributed by atoms with E-state index in [0.29, 0.717) is 32.4 Å². The van der Waals surface area contributed by atoms with Crippen LogP contribution in [0.25, 0.3) is 16.6 Å². The molecular weight excluding hydrogens is 464 g/mol. The van der Waals surface area contributed by atoms with Crippen LogP contribution in [0.5, 0.6) is 0 Å². The Morgan fingerprint density at radius 2 is 1.95 bits per heavy atom. The number of ether oxygens (including phenoxy) is 1. The molecule has 0 spiro atoms. The molecule has 1 fully saturated rings. The number of benzene rings is 2. The van der Waals surface area contributed by atoms with Crippen LogP contribution < -0.4 is 5.73 Å². The third-order valence-corrected chi connectivity index (χ3v) is 8.53. The van der Waals surface area contributed by atoms with Gasteiger partial charge in [0.1, 0.15) is 0 Å². The molecule has 5 rings (SSSR count). The summed E-state index contributed by atoms with van der Waals surface area (Å²) in [5, 5.41) is 22.0. The molecule has 7 heteroatoms. The summed E-state index contributed by atoms with van der Waals surface area (Å²) in [5.41, 5.74) is 12.7. The Hall–Kier alpha value is -3.34. The van der Waals surface area contributed by atoms with Crippen LogP contribution in [0.1, 0.15) is 49.0 Å². The second kappa shape index (κ2) is 10.6. The number of carbonyl (C=O) groups is 1. The minimum atomic E-state index is -0.773. The maximum absolute atomic E-state index is 12.9. The molecule has 1 aliphatic heterocycles. The van der Waals surface area contributed by atoms with Gasteiger partial charge in [0.15, 0.2) is 6.19 Å². The van der Waals surface area contributed by atoms with Crippen molar-refractivity contribution in [1.82, 2.24) is 9.47 Å². The van der Waals surface area contributed by atoms with Gasteiger partial charge in [-0.05, 0) is 67.2 Å². The van der Waals surface area contributed by atoms with E-state index in [1.807, 2.05) is 17.0 Å². The minimum Gasteiger partial charge on any atom is -0.469 e. The van der Waals surface area contributed by atoms with E-state index in [-0.39, 0.29) is 17.9 Å². The molecule has 1 aliphatic carbocycles. The van der Waals surface area contributed by atoms with Gasteiger partial charge in [-0.25, -0.2) is 0 Å². The van der Waals surface area contributed by atoms with E-state index >= 15 is 0 Å². The number of carbonyl (C=O) groups excluding carboxylic acids is 1. The third kappa shape index (κ3) is 4.49. The standard InChI is InChI=1S/C30H36N4O3/c1-3-19-8-4-6-10-25(19)34-26-11-7-5-9-21(26)22-14-15-33(18-31)17-20-12-13-27(35)28(30(36)37-2)23(20)16-24(32)29(22)34/h4-11,20,23-24,27-28,35H,3,12-17,32H2,1-2H3/t20-,23-,24-,27-,28+/m0/s1. The molecule has 0 amide bonds. The molecular formula is C30H36N4O3. The summed E-state index contributed by atoms with van der Waals surface area (Å²) >= 11 is 0. The predicted octanol–water partition coefficient (Wildman–Crippen LogP) is 4.10. The van der Waals surface area contributed by atoms with E-state index in [4.69, 9.17) is 10.5 Å². The number of para-hydroxylation sites is 2. The largest absolute Gasteiger partial charge is 0.469 e. The molecule has 3 aromatic rings. The first-order valence-electron chi connectivity index (χ1n) is 13.3. The number of aliphatic hydroxyl groups excluding tert-OH is 1. The van der Waals surface area contributed by atoms with Crippen molar-refractivity contribution < 1.29 is 14.6 Å². The molecule has 5 atom stereocenters. The molecule has 2 aliphatic rings. The van der Waals surface area contributed by atoms with E-state index < -0.39 is 18.0 Å². The number of fused-ring (bicyclic) bond motifs is 4. The van der Waals surface area contributed by atoms with Crippen molar-refractivity contribution in [1.29, 1.82) is 5.26 Å². The number of aliphatic hydroxyl groups is 1. The summed E-state index contributed by atoms with van der Waals surface area (Å²) < 4.78 is 7.44. The average Bonchev–Trinajstić information content (AvgIpc) is 3.25. The van der Waals surface area contributed by atoms with Crippen LogP contribution in [0.15, 0.2) is 48.5 Å². The third-order valence-electron chi connectivity index (χ3n) is 8.53. The van der Waals surface area contributed by atoms with Gasteiger partial charge < -0.3 is 25.0 Å². The van der Waals surface area contributed by atoms with Crippen molar-refractivity contribution in [3.63, 3.8) is 0 Å². The molecule has 2 heterocycles. The molecule has 0 unspecified atom stereocenters. The monoisotopic (exact) mass is 500 g/mol. The number of hydrogen-bond donors (Lipinski definition) is 2. The smallest absolute Gasteiger partial charge is 0.311 e. The van der Waals surface area contributed by atoms with Crippen molar-refractivity contribution in [2.45, 2.75) is 51.2 Å². The van der Waals surface area contributed by atoms with Gasteiger partial charge >= 0.3 is 5.97 Å². The number of methoxy groups -OCH3 is 1. The zero-order valence-corrected chi connectivity index (χ0v) is 21.6. The Morgan fingerprint density at radius 3 is 2.70 bits per heavy atom. The first kappa shape index (κ1) is 25.3. The minimum absolute atomic E-state index is 0.0699. The lowest BCUT2D eigenvalue weighted by Crippen LogP contribution is -2.47. The van der Waals surface area contributed by atoms with Crippen molar-refractivity contribution in [2.75, 3.05) is 20.2 Å². The quantitative estimate of drug-likeness (QED) is 0.415. The number of hydrogen-bond acceptors (Lipinski definition) is 6. The normalized spacial score (nSPS) is 26.1. The van der Waals surface area contributed by atoms with Crippen LogP contribution in [0, 0.1) is 29.2 Å². The van der Waals surface area contributed by atoms with Crippen LogP contribution in [0.2, 0.25) is 0 Å². The second-order valence-electron chi connectivity index (χ2n) is 10.5. The number of nitrogens with two attached hydrogens (primary N) is 1. The van der Waals surface area contributed by atoms with Crippen molar-refractivity contribution in [2.24, 2.45) is 23.5 Å². The zero-order chi connectivity index (χ0) is 26.1. The van der Waals surface area contributed by atoms with Crippen LogP contribution in [-0.2, 0) is 22.4 Å². The summed E-state index contributed by atoms with van der Waals surface area (Å²) in [6.07, 6.45) is 5.00. The van der Waals surface area contributed by atoms with Crippen molar-refractivity contribution in [3.05, 3.63) is 65.4 Å². The highest BCUT2D eigenvalue weighted by Crippen LogP contribution is 2.44. The average molecular weight is 501 g/mol. The maximum atomic E-state index is 12.9. The Bertz CT molecular complexity index is 1330. The van der Waals surface area contributed by atoms with Gasteiger partial charge in [-0.15, -0.1) is 0 Å². The van der Waals surface area contributed by atoms with E-state index in [1.165, 1.54) is 12.7 Å². The highest BCUT2D eigenvalue weighted by atomic mass is 16.5. The summed E-state index contributed by atoms with van der Waals surface area (Å²) in [5.74, 6) is -1.17. The molecule has 0 radical (unpaired) electrons. The van der Waals surface area contributed by atoms with Crippen molar-refractivity contribution >= 4 is 16.9 Å². The maximum Gasteiger partial charge on any atom is 0.311 e. The molecule has 0 saturated heterocycles. The molecule has 194 valence electrons. The van der Waals surface area contributed by atoms with E-state index in [1.54, 1.807) is 0 Å². The Labute approximate surface area is 218 Å². The number of aromatic nitrogens is 1. The van der Waals surface area contributed by atoms with Crippen LogP contribution >= 0.6 is 0 Å². The van der Waals surface area contributed by atoms with E-state index in [0.717, 1.165) is 40.7 Å². The summed E-state index contributed by atoms with van der Waals surface area (Å²) in [7, 11) is 1.37. The number of esters is 1. The van der Waals surface area contributed by atoms with E-state index in [2.05, 4.69) is 54.1 Å². The topological polar surface area (TPSA) is 105 Å². The lowest BCUT2D eigenvalue weighted by Gasteiger charge is -2.42. The second-order valence-corrected chi connectivity index (χ2v) is 10.5. The SMILES string of the molecule is CCc1ccccc1-n1c2c(c3ccccc31)CCN(C#N)C[C@@H]1CC[C@H](O)[C@H](C(=O)OC)[C@H]1C[C@@H]2N. The Morgan fingerprint density at radius 1 is 1.19 bits per heavy atom. The van der Waals surface area contributed by atoms with Crippen LogP contribution in [0.3, 0.4) is 0 Å². The summed E-state index contributed by atoms with van der Waals surface area (Å²) in [6, 6.07) is 16.4. The number of rotatable bonds is 3. The molecule has 37 heavy (non-hydrogen) atoms. The fourth-order valence-corrected chi connectivity index (χ4v) is 6.77. The van der Waals surface area contributed by atoms with E-state index in [9.17, 15) is 15.2 Å². The highest BCUT2D eigenvalue weighted by molar-refractivity contribution is 5.88. The molecule has 7 nitrogen and oxygen atoms in total. The first-order chi connectivity index (χ1) is 18.0. The lowest BCUT2D eigenvalue weighted by molar-refractivity contribution is -0.157. The molecule has 3 N–H and O–H groups in total. The number of nitriles is 1. The summed E-state index contributed by atoms with van der Waals surface area (Å²) in [6.45, 7) is 3.29. The summed E-state index contributed by atoms with van der Waals surface area (Å²) in [4.78, 5) is 14.7. The Kier molecular flexibility index (Phi) is 7.23. The number of aryl methyl sites for hydroxylation is 1. The van der Waals surface area contributed by atoms with Gasteiger partial charge in [0.05, 0.1) is 24.6 Å². The van der Waals surface area contributed by atoms with Gasteiger partial charge in [0.2, 0.25) is 0 Å². The molecule has 0 bridgehead atoms.